The number of nitrogens with one attached hydrogen (secondary N) is 1. The Labute approximate surface area is 93.8 Å². The van der Waals surface area contributed by atoms with Gasteiger partial charge in [0.1, 0.15) is 0 Å². The fourth-order valence-electron chi connectivity index (χ4n) is 1.65. The molecule has 0 rings (SSSR count). The van der Waals surface area contributed by atoms with Crippen molar-refractivity contribution in [3.05, 3.63) is 0 Å². The number of hydrogen-bond donors (Lipinski definition) is 2. The third-order valence-corrected chi connectivity index (χ3v) is 2.54. The van der Waals surface area contributed by atoms with Gasteiger partial charge in [0.05, 0.1) is 6.04 Å². The van der Waals surface area contributed by atoms with Gasteiger partial charge in [-0.25, -0.2) is 0 Å². The minimum Gasteiger partial charge on any atom is -0.352 e. The highest BCUT2D eigenvalue weighted by atomic mass is 16.2. The van der Waals surface area contributed by atoms with Gasteiger partial charge >= 0.3 is 0 Å². The Morgan fingerprint density at radius 3 is 2.33 bits per heavy atom. The second-order valence-corrected chi connectivity index (χ2v) is 4.64. The highest BCUT2D eigenvalue weighted by molar-refractivity contribution is 5.81. The molecule has 0 aliphatic rings. The molecular formula is C12H26N2O. The highest BCUT2D eigenvalue weighted by Crippen LogP contribution is 2.05. The van der Waals surface area contributed by atoms with Crippen LogP contribution in [0.15, 0.2) is 0 Å². The van der Waals surface area contributed by atoms with Gasteiger partial charge in [-0.1, -0.05) is 34.1 Å². The van der Waals surface area contributed by atoms with E-state index in [0.717, 1.165) is 25.7 Å². The molecule has 90 valence electrons. The first-order valence-corrected chi connectivity index (χ1v) is 6.07. The quantitative estimate of drug-likeness (QED) is 0.681. The van der Waals surface area contributed by atoms with Gasteiger partial charge in [-0.3, -0.25) is 4.79 Å². The van der Waals surface area contributed by atoms with Crippen molar-refractivity contribution in [3.63, 3.8) is 0 Å². The molecule has 1 amide bonds. The highest BCUT2D eigenvalue weighted by Gasteiger charge is 2.17. The van der Waals surface area contributed by atoms with E-state index in [9.17, 15) is 4.79 Å². The SMILES string of the molecule is CCCC(CC)NC(=O)C(N)CC(C)C. The van der Waals surface area contributed by atoms with Crippen molar-refractivity contribution < 1.29 is 4.79 Å². The Balaban J connectivity index is 3.98. The molecule has 0 aliphatic heterocycles. The van der Waals surface area contributed by atoms with Gasteiger partial charge in [-0.2, -0.15) is 0 Å². The van der Waals surface area contributed by atoms with Crippen LogP contribution < -0.4 is 11.1 Å². The van der Waals surface area contributed by atoms with Crippen molar-refractivity contribution in [1.82, 2.24) is 5.32 Å². The van der Waals surface area contributed by atoms with Crippen LogP contribution in [0.2, 0.25) is 0 Å². The Morgan fingerprint density at radius 1 is 1.33 bits per heavy atom. The van der Waals surface area contributed by atoms with Crippen LogP contribution in [0.4, 0.5) is 0 Å². The normalized spacial score (nSPS) is 15.1. The Morgan fingerprint density at radius 2 is 1.93 bits per heavy atom. The lowest BCUT2D eigenvalue weighted by molar-refractivity contribution is -0.123. The number of carbonyl (C=O) groups is 1. The van der Waals surface area contributed by atoms with Gasteiger partial charge in [0.15, 0.2) is 0 Å². The van der Waals surface area contributed by atoms with Crippen molar-refractivity contribution >= 4 is 5.91 Å². The van der Waals surface area contributed by atoms with E-state index in [0.29, 0.717) is 12.0 Å². The first kappa shape index (κ1) is 14.4. The summed E-state index contributed by atoms with van der Waals surface area (Å²) in [5, 5.41) is 3.01. The Bertz CT molecular complexity index is 180. The molecule has 3 heteroatoms. The van der Waals surface area contributed by atoms with E-state index in [-0.39, 0.29) is 11.9 Å². The molecule has 2 atom stereocenters. The van der Waals surface area contributed by atoms with Gasteiger partial charge in [-0.05, 0) is 25.2 Å². The fourth-order valence-corrected chi connectivity index (χ4v) is 1.65. The lowest BCUT2D eigenvalue weighted by Crippen LogP contribution is -2.45. The largest absolute Gasteiger partial charge is 0.352 e. The Hall–Kier alpha value is -0.570. The molecule has 0 spiro atoms. The number of carbonyl (C=O) groups excluding carboxylic acids is 1. The van der Waals surface area contributed by atoms with E-state index in [1.165, 1.54) is 0 Å². The van der Waals surface area contributed by atoms with Crippen LogP contribution in [0.3, 0.4) is 0 Å². The number of hydrogen-bond acceptors (Lipinski definition) is 2. The van der Waals surface area contributed by atoms with Crippen molar-refractivity contribution in [2.75, 3.05) is 0 Å². The average Bonchev–Trinajstić information content (AvgIpc) is 2.15. The zero-order valence-electron chi connectivity index (χ0n) is 10.5. The number of amides is 1. The molecule has 0 heterocycles. The number of rotatable bonds is 7. The van der Waals surface area contributed by atoms with Crippen LogP contribution in [-0.4, -0.2) is 18.0 Å². The van der Waals surface area contributed by atoms with Gasteiger partial charge in [0, 0.05) is 6.04 Å². The monoisotopic (exact) mass is 214 g/mol. The summed E-state index contributed by atoms with van der Waals surface area (Å²) in [6, 6.07) is -0.0587. The summed E-state index contributed by atoms with van der Waals surface area (Å²) >= 11 is 0. The van der Waals surface area contributed by atoms with Crippen molar-refractivity contribution in [2.45, 2.75) is 65.5 Å². The average molecular weight is 214 g/mol. The summed E-state index contributed by atoms with van der Waals surface area (Å²) < 4.78 is 0. The van der Waals surface area contributed by atoms with Crippen molar-refractivity contribution in [3.8, 4) is 0 Å². The van der Waals surface area contributed by atoms with E-state index in [1.807, 2.05) is 0 Å². The Kier molecular flexibility index (Phi) is 7.39. The molecule has 0 saturated carbocycles. The predicted octanol–water partition coefficient (Wildman–Crippen LogP) is 2.05. The zero-order chi connectivity index (χ0) is 11.8. The maximum absolute atomic E-state index is 11.7. The molecule has 0 aromatic rings. The van der Waals surface area contributed by atoms with Crippen LogP contribution in [0.25, 0.3) is 0 Å². The van der Waals surface area contributed by atoms with Crippen LogP contribution >= 0.6 is 0 Å². The molecule has 3 N–H and O–H groups in total. The van der Waals surface area contributed by atoms with Gasteiger partial charge in [0.2, 0.25) is 5.91 Å². The van der Waals surface area contributed by atoms with Crippen molar-refractivity contribution in [2.24, 2.45) is 11.7 Å². The van der Waals surface area contributed by atoms with Crippen molar-refractivity contribution in [1.29, 1.82) is 0 Å². The van der Waals surface area contributed by atoms with Crippen LogP contribution in [0.1, 0.15) is 53.4 Å². The third kappa shape index (κ3) is 6.50. The van der Waals surface area contributed by atoms with E-state index in [2.05, 4.69) is 33.0 Å². The fraction of sp³-hybridized carbons (Fsp3) is 0.917. The minimum atomic E-state index is -0.351. The zero-order valence-corrected chi connectivity index (χ0v) is 10.5. The molecule has 0 aliphatic carbocycles. The number of nitrogens with two attached hydrogens (primary N) is 1. The smallest absolute Gasteiger partial charge is 0.237 e. The maximum Gasteiger partial charge on any atom is 0.237 e. The second kappa shape index (κ2) is 7.69. The van der Waals surface area contributed by atoms with E-state index in [4.69, 9.17) is 5.73 Å². The molecule has 0 aromatic carbocycles. The molecule has 0 bridgehead atoms. The summed E-state index contributed by atoms with van der Waals surface area (Å²) in [6.07, 6.45) is 3.87. The lowest BCUT2D eigenvalue weighted by Gasteiger charge is -2.20. The van der Waals surface area contributed by atoms with Gasteiger partial charge in [-0.15, -0.1) is 0 Å². The van der Waals surface area contributed by atoms with Crippen LogP contribution in [0, 0.1) is 5.92 Å². The molecule has 0 fully saturated rings. The van der Waals surface area contributed by atoms with E-state index < -0.39 is 0 Å². The van der Waals surface area contributed by atoms with Crippen LogP contribution in [-0.2, 0) is 4.79 Å². The molecule has 2 unspecified atom stereocenters. The summed E-state index contributed by atoms with van der Waals surface area (Å²) in [5.74, 6) is 0.473. The standard InChI is InChI=1S/C12H26N2O/c1-5-7-10(6-2)14-12(15)11(13)8-9(3)4/h9-11H,5-8,13H2,1-4H3,(H,14,15). The maximum atomic E-state index is 11.7. The molecular weight excluding hydrogens is 188 g/mol. The van der Waals surface area contributed by atoms with Gasteiger partial charge < -0.3 is 11.1 Å². The van der Waals surface area contributed by atoms with Gasteiger partial charge in [0.25, 0.3) is 0 Å². The summed E-state index contributed by atoms with van der Waals surface area (Å²) in [5.41, 5.74) is 5.81. The third-order valence-electron chi connectivity index (χ3n) is 2.54. The van der Waals surface area contributed by atoms with E-state index >= 15 is 0 Å². The minimum absolute atomic E-state index is 0.00370. The predicted molar refractivity (Wildman–Crippen MR) is 64.6 cm³/mol. The molecule has 0 saturated heterocycles. The second-order valence-electron chi connectivity index (χ2n) is 4.64. The molecule has 0 radical (unpaired) electrons. The topological polar surface area (TPSA) is 55.1 Å². The lowest BCUT2D eigenvalue weighted by atomic mass is 10.0. The summed E-state index contributed by atoms with van der Waals surface area (Å²) in [7, 11) is 0. The molecule has 15 heavy (non-hydrogen) atoms. The molecule has 0 aromatic heterocycles. The first-order valence-electron chi connectivity index (χ1n) is 6.07. The van der Waals surface area contributed by atoms with E-state index in [1.54, 1.807) is 0 Å². The summed E-state index contributed by atoms with van der Waals surface area (Å²) in [6.45, 7) is 8.38. The first-order chi connectivity index (χ1) is 7.01. The summed E-state index contributed by atoms with van der Waals surface area (Å²) in [4.78, 5) is 11.7. The molecule has 3 nitrogen and oxygen atoms in total. The van der Waals surface area contributed by atoms with Crippen LogP contribution in [0.5, 0.6) is 0 Å².